The molecule has 0 saturated carbocycles. The van der Waals surface area contributed by atoms with E-state index in [4.69, 9.17) is 0 Å². The Morgan fingerprint density at radius 3 is 3.00 bits per heavy atom. The Hall–Kier alpha value is -2.43. The monoisotopic (exact) mass is 310 g/mol. The zero-order valence-electron chi connectivity index (χ0n) is 13.5. The number of carbonyl (C=O) groups is 1. The zero-order valence-corrected chi connectivity index (χ0v) is 13.5. The van der Waals surface area contributed by atoms with Crippen molar-refractivity contribution in [3.8, 4) is 0 Å². The Kier molecular flexibility index (Phi) is 4.86. The largest absolute Gasteiger partial charge is 0.338 e. The summed E-state index contributed by atoms with van der Waals surface area (Å²) < 4.78 is 1.80. The molecule has 0 aliphatic carbocycles. The molecular weight excluding hydrogens is 288 g/mol. The Balaban J connectivity index is 1.51. The second-order valence-corrected chi connectivity index (χ2v) is 5.91. The quantitative estimate of drug-likeness (QED) is 0.852. The SMILES string of the molecule is Cn1cc(C2=CCCN(C(=O)CCCc3ccccn3)C2)cn1. The molecule has 1 aliphatic heterocycles. The van der Waals surface area contributed by atoms with E-state index in [-0.39, 0.29) is 5.91 Å². The van der Waals surface area contributed by atoms with Crippen LogP contribution in [-0.4, -0.2) is 38.7 Å². The first-order valence-electron chi connectivity index (χ1n) is 8.08. The normalized spacial score (nSPS) is 14.7. The number of hydrogen-bond acceptors (Lipinski definition) is 3. The van der Waals surface area contributed by atoms with Crippen LogP contribution in [0.3, 0.4) is 0 Å². The summed E-state index contributed by atoms with van der Waals surface area (Å²) in [6.45, 7) is 1.50. The van der Waals surface area contributed by atoms with E-state index in [2.05, 4.69) is 16.2 Å². The van der Waals surface area contributed by atoms with Gasteiger partial charge in [-0.05, 0) is 37.0 Å². The summed E-state index contributed by atoms with van der Waals surface area (Å²) >= 11 is 0. The lowest BCUT2D eigenvalue weighted by molar-refractivity contribution is -0.130. The molecule has 0 N–H and O–H groups in total. The number of amides is 1. The van der Waals surface area contributed by atoms with E-state index in [0.717, 1.165) is 37.1 Å². The number of aromatic nitrogens is 3. The van der Waals surface area contributed by atoms with Crippen molar-refractivity contribution >= 4 is 11.5 Å². The predicted octanol–water partition coefficient (Wildman–Crippen LogP) is 2.45. The minimum Gasteiger partial charge on any atom is -0.338 e. The number of carbonyl (C=O) groups excluding carboxylic acids is 1. The van der Waals surface area contributed by atoms with Gasteiger partial charge in [-0.3, -0.25) is 14.5 Å². The van der Waals surface area contributed by atoms with Crippen molar-refractivity contribution < 1.29 is 4.79 Å². The molecule has 23 heavy (non-hydrogen) atoms. The van der Waals surface area contributed by atoms with Gasteiger partial charge < -0.3 is 4.90 Å². The summed E-state index contributed by atoms with van der Waals surface area (Å²) in [5, 5.41) is 4.21. The maximum atomic E-state index is 12.4. The molecule has 5 heteroatoms. The van der Waals surface area contributed by atoms with E-state index in [1.54, 1.807) is 10.9 Å². The number of nitrogens with zero attached hydrogens (tertiary/aromatic N) is 4. The summed E-state index contributed by atoms with van der Waals surface area (Å²) in [7, 11) is 1.91. The number of pyridine rings is 1. The minimum absolute atomic E-state index is 0.232. The summed E-state index contributed by atoms with van der Waals surface area (Å²) in [4.78, 5) is 18.7. The highest BCUT2D eigenvalue weighted by molar-refractivity contribution is 5.80. The van der Waals surface area contributed by atoms with Gasteiger partial charge in [-0.25, -0.2) is 0 Å². The molecule has 3 heterocycles. The summed E-state index contributed by atoms with van der Waals surface area (Å²) in [5.74, 6) is 0.232. The van der Waals surface area contributed by atoms with Gasteiger partial charge in [-0.2, -0.15) is 5.10 Å². The van der Waals surface area contributed by atoms with E-state index in [9.17, 15) is 4.79 Å². The molecule has 2 aromatic heterocycles. The summed E-state index contributed by atoms with van der Waals surface area (Å²) in [6, 6.07) is 5.91. The van der Waals surface area contributed by atoms with Gasteiger partial charge in [0.25, 0.3) is 0 Å². The molecule has 0 spiro atoms. The highest BCUT2D eigenvalue weighted by Gasteiger charge is 2.19. The molecule has 120 valence electrons. The molecule has 0 bridgehead atoms. The van der Waals surface area contributed by atoms with Crippen LogP contribution in [0.5, 0.6) is 0 Å². The summed E-state index contributed by atoms with van der Waals surface area (Å²) in [6.07, 6.45) is 11.1. The highest BCUT2D eigenvalue weighted by atomic mass is 16.2. The molecule has 3 rings (SSSR count). The van der Waals surface area contributed by atoms with Gasteiger partial charge in [0, 0.05) is 50.2 Å². The Labute approximate surface area is 136 Å². The Morgan fingerprint density at radius 1 is 1.35 bits per heavy atom. The highest BCUT2D eigenvalue weighted by Crippen LogP contribution is 2.21. The fourth-order valence-electron chi connectivity index (χ4n) is 2.88. The maximum absolute atomic E-state index is 12.4. The smallest absolute Gasteiger partial charge is 0.222 e. The van der Waals surface area contributed by atoms with Gasteiger partial charge in [0.1, 0.15) is 0 Å². The lowest BCUT2D eigenvalue weighted by Crippen LogP contribution is -2.35. The fraction of sp³-hybridized carbons (Fsp3) is 0.389. The van der Waals surface area contributed by atoms with Gasteiger partial charge >= 0.3 is 0 Å². The third kappa shape index (κ3) is 4.06. The van der Waals surface area contributed by atoms with Crippen LogP contribution in [0.4, 0.5) is 0 Å². The average Bonchev–Trinajstić information content (AvgIpc) is 3.02. The fourth-order valence-corrected chi connectivity index (χ4v) is 2.88. The minimum atomic E-state index is 0.232. The molecule has 0 fully saturated rings. The zero-order chi connectivity index (χ0) is 16.1. The van der Waals surface area contributed by atoms with Crippen molar-refractivity contribution in [2.45, 2.75) is 25.7 Å². The molecule has 0 unspecified atom stereocenters. The van der Waals surface area contributed by atoms with Crippen molar-refractivity contribution in [3.63, 3.8) is 0 Å². The third-order valence-electron chi connectivity index (χ3n) is 4.13. The van der Waals surface area contributed by atoms with Crippen molar-refractivity contribution in [1.29, 1.82) is 0 Å². The van der Waals surface area contributed by atoms with Crippen LogP contribution in [0.25, 0.3) is 5.57 Å². The van der Waals surface area contributed by atoms with E-state index in [1.165, 1.54) is 5.57 Å². The van der Waals surface area contributed by atoms with E-state index in [0.29, 0.717) is 13.0 Å². The molecule has 0 atom stereocenters. The van der Waals surface area contributed by atoms with Crippen LogP contribution in [-0.2, 0) is 18.3 Å². The van der Waals surface area contributed by atoms with Crippen LogP contribution in [0, 0.1) is 0 Å². The van der Waals surface area contributed by atoms with E-state index >= 15 is 0 Å². The van der Waals surface area contributed by atoms with Gasteiger partial charge in [-0.1, -0.05) is 12.1 Å². The van der Waals surface area contributed by atoms with Crippen LogP contribution >= 0.6 is 0 Å². The van der Waals surface area contributed by atoms with Gasteiger partial charge in [-0.15, -0.1) is 0 Å². The van der Waals surface area contributed by atoms with E-state index < -0.39 is 0 Å². The molecule has 2 aromatic rings. The standard InChI is InChI=1S/C18H22N4O/c1-21-13-16(12-20-21)15-6-5-11-22(14-15)18(23)9-4-8-17-7-2-3-10-19-17/h2-3,6-7,10,12-13H,4-5,8-9,11,14H2,1H3. The molecule has 0 radical (unpaired) electrons. The molecule has 1 amide bonds. The molecule has 0 aromatic carbocycles. The predicted molar refractivity (Wildman–Crippen MR) is 89.6 cm³/mol. The van der Waals surface area contributed by atoms with Gasteiger partial charge in [0.2, 0.25) is 5.91 Å². The Bertz CT molecular complexity index is 690. The third-order valence-corrected chi connectivity index (χ3v) is 4.13. The van der Waals surface area contributed by atoms with Crippen molar-refractivity contribution in [2.75, 3.05) is 13.1 Å². The second-order valence-electron chi connectivity index (χ2n) is 5.91. The number of hydrogen-bond donors (Lipinski definition) is 0. The van der Waals surface area contributed by atoms with Crippen molar-refractivity contribution in [3.05, 3.63) is 54.1 Å². The summed E-state index contributed by atoms with van der Waals surface area (Å²) in [5.41, 5.74) is 3.36. The van der Waals surface area contributed by atoms with Crippen LogP contribution in [0.2, 0.25) is 0 Å². The first-order valence-corrected chi connectivity index (χ1v) is 8.08. The number of rotatable bonds is 5. The Morgan fingerprint density at radius 2 is 2.26 bits per heavy atom. The average molecular weight is 310 g/mol. The topological polar surface area (TPSA) is 51.0 Å². The second kappa shape index (κ2) is 7.22. The first-order chi connectivity index (χ1) is 11.2. The lowest BCUT2D eigenvalue weighted by atomic mass is 10.0. The number of aryl methyl sites for hydroxylation is 2. The maximum Gasteiger partial charge on any atom is 0.222 e. The molecule has 1 aliphatic rings. The van der Waals surface area contributed by atoms with Crippen LogP contribution < -0.4 is 0 Å². The molecule has 0 saturated heterocycles. The van der Waals surface area contributed by atoms with E-state index in [1.807, 2.05) is 42.5 Å². The van der Waals surface area contributed by atoms with Gasteiger partial charge in [0.05, 0.1) is 6.20 Å². The molecular formula is C18H22N4O. The lowest BCUT2D eigenvalue weighted by Gasteiger charge is -2.27. The van der Waals surface area contributed by atoms with Crippen molar-refractivity contribution in [2.24, 2.45) is 7.05 Å². The van der Waals surface area contributed by atoms with Crippen molar-refractivity contribution in [1.82, 2.24) is 19.7 Å². The first kappa shape index (κ1) is 15.5. The van der Waals surface area contributed by atoms with Gasteiger partial charge in [0.15, 0.2) is 0 Å². The van der Waals surface area contributed by atoms with Crippen LogP contribution in [0.1, 0.15) is 30.5 Å². The molecule has 5 nitrogen and oxygen atoms in total. The van der Waals surface area contributed by atoms with Crippen LogP contribution in [0.15, 0.2) is 42.9 Å².